The van der Waals surface area contributed by atoms with Gasteiger partial charge in [-0.1, -0.05) is 6.07 Å². The first-order valence-corrected chi connectivity index (χ1v) is 13.7. The van der Waals surface area contributed by atoms with Gasteiger partial charge in [-0.05, 0) is 111 Å². The van der Waals surface area contributed by atoms with Crippen LogP contribution in [0.4, 0.5) is 4.79 Å². The Bertz CT molecular complexity index is 1020. The minimum atomic E-state index is 0.150. The molecular weight excluding hydrogens is 410 g/mol. The van der Waals surface area contributed by atoms with Crippen LogP contribution in [-0.2, 0) is 11.8 Å². The van der Waals surface area contributed by atoms with Gasteiger partial charge in [0.1, 0.15) is 5.75 Å². The van der Waals surface area contributed by atoms with E-state index in [1.54, 1.807) is 0 Å². The van der Waals surface area contributed by atoms with Crippen LogP contribution in [0.1, 0.15) is 62.5 Å². The Balaban J connectivity index is 1.24. The molecule has 1 aromatic rings. The summed E-state index contributed by atoms with van der Waals surface area (Å²) in [6, 6.07) is 7.66. The first-order chi connectivity index (χ1) is 16.1. The van der Waals surface area contributed by atoms with Crippen molar-refractivity contribution in [1.82, 2.24) is 14.7 Å². The van der Waals surface area contributed by atoms with Crippen molar-refractivity contribution in [3.05, 3.63) is 29.3 Å². The largest absolute Gasteiger partial charge is 0.508 e. The van der Waals surface area contributed by atoms with Crippen molar-refractivity contribution in [1.29, 1.82) is 0 Å². The van der Waals surface area contributed by atoms with E-state index in [0.717, 1.165) is 44.8 Å². The van der Waals surface area contributed by atoms with Crippen LogP contribution in [0.2, 0.25) is 0 Å². The molecule has 33 heavy (non-hydrogen) atoms. The van der Waals surface area contributed by atoms with E-state index in [1.165, 1.54) is 62.7 Å². The molecule has 0 spiro atoms. The molecule has 5 nitrogen and oxygen atoms in total. The highest BCUT2D eigenvalue weighted by Gasteiger charge is 2.76. The SMILES string of the molecule is O=C(N1CCCC1)N1C[C@H]2CC34CCC1C2C31CCN(CC2CC2)C4Cc2ccc(O)cc21. The molecule has 4 aliphatic carbocycles. The van der Waals surface area contributed by atoms with Gasteiger partial charge in [0.15, 0.2) is 0 Å². The molecule has 3 saturated heterocycles. The number of hydrogen-bond donors (Lipinski definition) is 1. The van der Waals surface area contributed by atoms with E-state index in [9.17, 15) is 9.90 Å². The second-order valence-electron chi connectivity index (χ2n) is 12.6. The van der Waals surface area contributed by atoms with Crippen molar-refractivity contribution >= 4 is 6.03 Å². The topological polar surface area (TPSA) is 47.0 Å². The lowest BCUT2D eigenvalue weighted by Gasteiger charge is -2.66. The maximum absolute atomic E-state index is 13.6. The standard InChI is InChI=1S/C28H37N3O2/c32-21-6-5-19-13-24-27-8-7-23-25(20(15-27)17-31(23)26(33)29-10-1-2-11-29)28(27,22(19)14-21)9-12-30(24)16-18-3-4-18/h5-6,14,18,20,23-25,32H,1-4,7-13,15-17H2/t20-,23?,24?,25?,27?,28?/m1/s1. The molecule has 3 saturated carbocycles. The maximum Gasteiger partial charge on any atom is 0.320 e. The van der Waals surface area contributed by atoms with Gasteiger partial charge in [-0.15, -0.1) is 0 Å². The summed E-state index contributed by atoms with van der Waals surface area (Å²) in [5.41, 5.74) is 3.45. The number of urea groups is 1. The predicted molar refractivity (Wildman–Crippen MR) is 126 cm³/mol. The highest BCUT2D eigenvalue weighted by molar-refractivity contribution is 5.76. The molecular formula is C28H37N3O2. The van der Waals surface area contributed by atoms with Crippen molar-refractivity contribution in [2.24, 2.45) is 23.2 Å². The summed E-state index contributed by atoms with van der Waals surface area (Å²) in [5.74, 6) is 2.56. The minimum absolute atomic E-state index is 0.150. The molecule has 3 heterocycles. The van der Waals surface area contributed by atoms with Crippen molar-refractivity contribution in [3.63, 3.8) is 0 Å². The Morgan fingerprint density at radius 3 is 2.76 bits per heavy atom. The lowest BCUT2D eigenvalue weighted by atomic mass is 9.43. The molecule has 3 aliphatic heterocycles. The Hall–Kier alpha value is -1.75. The van der Waals surface area contributed by atoms with Gasteiger partial charge >= 0.3 is 6.03 Å². The quantitative estimate of drug-likeness (QED) is 0.746. The third kappa shape index (κ3) is 2.35. The zero-order valence-electron chi connectivity index (χ0n) is 19.7. The summed E-state index contributed by atoms with van der Waals surface area (Å²) in [5, 5.41) is 10.6. The third-order valence-electron chi connectivity index (χ3n) is 11.4. The number of carbonyl (C=O) groups excluding carboxylic acids is 1. The van der Waals surface area contributed by atoms with E-state index in [2.05, 4.69) is 26.8 Å². The highest BCUT2D eigenvalue weighted by Crippen LogP contribution is 2.75. The van der Waals surface area contributed by atoms with Crippen LogP contribution < -0.4 is 0 Å². The van der Waals surface area contributed by atoms with E-state index in [0.29, 0.717) is 41.1 Å². The van der Waals surface area contributed by atoms with E-state index >= 15 is 0 Å². The van der Waals surface area contributed by atoms with Crippen LogP contribution in [-0.4, -0.2) is 70.6 Å². The smallest absolute Gasteiger partial charge is 0.320 e. The number of likely N-dealkylation sites (tertiary alicyclic amines) is 3. The fraction of sp³-hybridized carbons (Fsp3) is 0.750. The summed E-state index contributed by atoms with van der Waals surface area (Å²) in [7, 11) is 0. The molecule has 2 amide bonds. The first kappa shape index (κ1) is 19.5. The number of phenolic OH excluding ortho intramolecular Hbond substituents is 1. The fourth-order valence-corrected chi connectivity index (χ4v) is 10.3. The van der Waals surface area contributed by atoms with Crippen molar-refractivity contribution in [2.75, 3.05) is 32.7 Å². The summed E-state index contributed by atoms with van der Waals surface area (Å²) in [6.07, 6.45) is 11.3. The van der Waals surface area contributed by atoms with Crippen molar-refractivity contribution < 1.29 is 9.90 Å². The molecule has 0 radical (unpaired) electrons. The Labute approximate surface area is 197 Å². The summed E-state index contributed by atoms with van der Waals surface area (Å²) in [6.45, 7) is 5.36. The molecule has 8 rings (SSSR count). The highest BCUT2D eigenvalue weighted by atomic mass is 16.3. The number of nitrogens with zero attached hydrogens (tertiary/aromatic N) is 3. The van der Waals surface area contributed by atoms with Gasteiger partial charge in [0.2, 0.25) is 0 Å². The average molecular weight is 448 g/mol. The number of piperidine rings is 1. The summed E-state index contributed by atoms with van der Waals surface area (Å²) >= 11 is 0. The number of rotatable bonds is 2. The van der Waals surface area contributed by atoms with Crippen LogP contribution in [0, 0.1) is 23.2 Å². The van der Waals surface area contributed by atoms with E-state index < -0.39 is 0 Å². The van der Waals surface area contributed by atoms with E-state index in [4.69, 9.17) is 0 Å². The van der Waals surface area contributed by atoms with Gasteiger partial charge in [-0.25, -0.2) is 4.79 Å². The third-order valence-corrected chi connectivity index (χ3v) is 11.4. The van der Waals surface area contributed by atoms with Crippen LogP contribution in [0.3, 0.4) is 0 Å². The van der Waals surface area contributed by atoms with E-state index in [1.807, 2.05) is 6.07 Å². The molecule has 6 fully saturated rings. The van der Waals surface area contributed by atoms with E-state index in [-0.39, 0.29) is 5.41 Å². The maximum atomic E-state index is 13.6. The number of fused-ring (bicyclic) bond motifs is 1. The van der Waals surface area contributed by atoms with Crippen LogP contribution in [0.15, 0.2) is 18.2 Å². The van der Waals surface area contributed by atoms with Gasteiger partial charge in [-0.3, -0.25) is 4.90 Å². The first-order valence-electron chi connectivity index (χ1n) is 13.7. The molecule has 0 aromatic heterocycles. The molecule has 6 atom stereocenters. The molecule has 5 unspecified atom stereocenters. The molecule has 5 heteroatoms. The van der Waals surface area contributed by atoms with Crippen molar-refractivity contribution in [2.45, 2.75) is 75.3 Å². The zero-order chi connectivity index (χ0) is 21.9. The number of phenols is 1. The predicted octanol–water partition coefficient (Wildman–Crippen LogP) is 3.99. The monoisotopic (exact) mass is 447 g/mol. The lowest BCUT2D eigenvalue weighted by molar-refractivity contribution is -0.102. The number of carbonyl (C=O) groups is 1. The molecule has 176 valence electrons. The number of aromatic hydroxyl groups is 1. The summed E-state index contributed by atoms with van der Waals surface area (Å²) in [4.78, 5) is 20.9. The lowest BCUT2D eigenvalue weighted by Crippen LogP contribution is -2.70. The number of hydrogen-bond acceptors (Lipinski definition) is 3. The molecule has 1 aromatic carbocycles. The van der Waals surface area contributed by atoms with Gasteiger partial charge in [0.25, 0.3) is 0 Å². The summed E-state index contributed by atoms with van der Waals surface area (Å²) < 4.78 is 0. The number of amides is 2. The average Bonchev–Trinajstić information content (AvgIpc) is 3.24. The Morgan fingerprint density at radius 2 is 1.94 bits per heavy atom. The van der Waals surface area contributed by atoms with Crippen molar-refractivity contribution in [3.8, 4) is 5.75 Å². The number of benzene rings is 1. The fourth-order valence-electron chi connectivity index (χ4n) is 10.3. The minimum Gasteiger partial charge on any atom is -0.508 e. The normalized spacial score (nSPS) is 43.0. The zero-order valence-corrected chi connectivity index (χ0v) is 19.7. The van der Waals surface area contributed by atoms with Crippen LogP contribution in [0.25, 0.3) is 0 Å². The second kappa shape index (κ2) is 6.47. The second-order valence-corrected chi connectivity index (χ2v) is 12.6. The Kier molecular flexibility index (Phi) is 3.83. The van der Waals surface area contributed by atoms with Gasteiger partial charge in [-0.2, -0.15) is 0 Å². The van der Waals surface area contributed by atoms with Gasteiger partial charge in [0.05, 0.1) is 0 Å². The van der Waals surface area contributed by atoms with Crippen LogP contribution >= 0.6 is 0 Å². The van der Waals surface area contributed by atoms with Crippen LogP contribution in [0.5, 0.6) is 5.75 Å². The molecule has 4 bridgehead atoms. The van der Waals surface area contributed by atoms with Gasteiger partial charge < -0.3 is 14.9 Å². The Morgan fingerprint density at radius 1 is 1.09 bits per heavy atom. The molecule has 7 aliphatic rings. The van der Waals surface area contributed by atoms with Gasteiger partial charge in [0, 0.05) is 43.7 Å². The molecule has 1 N–H and O–H groups in total.